The van der Waals surface area contributed by atoms with Crippen molar-refractivity contribution in [2.45, 2.75) is 65.4 Å². The van der Waals surface area contributed by atoms with Crippen molar-refractivity contribution in [2.24, 2.45) is 0 Å². The maximum Gasteiger partial charge on any atom is 0.415 e. The van der Waals surface area contributed by atoms with E-state index in [9.17, 15) is 18.0 Å². The van der Waals surface area contributed by atoms with Crippen molar-refractivity contribution >= 4 is 29.1 Å². The Morgan fingerprint density at radius 3 is 2.59 bits per heavy atom. The minimum absolute atomic E-state index is 0.182. The number of carbonyl (C=O) groups is 1. The number of fused-ring (bicyclic) bond motifs is 3. The van der Waals surface area contributed by atoms with Gasteiger partial charge in [-0.3, -0.25) is 14.8 Å². The number of rotatable bonds is 4. The summed E-state index contributed by atoms with van der Waals surface area (Å²) in [7, 11) is 0. The van der Waals surface area contributed by atoms with E-state index in [0.29, 0.717) is 68.8 Å². The number of nitrogens with zero attached hydrogens (tertiary/aromatic N) is 7. The molecule has 0 aliphatic carbocycles. The summed E-state index contributed by atoms with van der Waals surface area (Å²) in [5.74, 6) is 0.773. The molecule has 6 rings (SSSR count). The average molecular weight is 613 g/mol. The third kappa shape index (κ3) is 6.49. The summed E-state index contributed by atoms with van der Waals surface area (Å²) < 4.78 is 50.2. The normalized spacial score (nSPS) is 16.9. The second-order valence-electron chi connectivity index (χ2n) is 12.3. The predicted octanol–water partition coefficient (Wildman–Crippen LogP) is 4.94. The van der Waals surface area contributed by atoms with Crippen LogP contribution < -0.4 is 19.9 Å². The summed E-state index contributed by atoms with van der Waals surface area (Å²) in [6.45, 7) is 8.89. The zero-order valence-corrected chi connectivity index (χ0v) is 25.2. The van der Waals surface area contributed by atoms with E-state index in [1.165, 1.54) is 4.90 Å². The smallest absolute Gasteiger partial charge is 0.415 e. The number of nitrogens with one attached hydrogen (secondary N) is 1. The Labute approximate surface area is 253 Å². The number of amides is 1. The minimum Gasteiger partial charge on any atom is -0.474 e. The van der Waals surface area contributed by atoms with Crippen molar-refractivity contribution in [1.29, 1.82) is 0 Å². The van der Waals surface area contributed by atoms with E-state index in [2.05, 4.69) is 25.2 Å². The van der Waals surface area contributed by atoms with E-state index >= 15 is 0 Å². The maximum atomic E-state index is 13.0. The van der Waals surface area contributed by atoms with Crippen molar-refractivity contribution in [3.8, 4) is 5.88 Å². The molecule has 0 atom stereocenters. The molecule has 3 aromatic rings. The molecule has 0 unspecified atom stereocenters. The van der Waals surface area contributed by atoms with Crippen LogP contribution in [-0.4, -0.2) is 75.5 Å². The molecular weight excluding hydrogens is 577 g/mol. The molecule has 0 spiro atoms. The third-order valence-electron chi connectivity index (χ3n) is 7.75. The van der Waals surface area contributed by atoms with Gasteiger partial charge in [-0.1, -0.05) is 0 Å². The summed E-state index contributed by atoms with van der Waals surface area (Å²) in [4.78, 5) is 36.5. The second kappa shape index (κ2) is 11.4. The van der Waals surface area contributed by atoms with Crippen LogP contribution in [0.2, 0.25) is 0 Å². The van der Waals surface area contributed by atoms with Crippen LogP contribution in [0, 0.1) is 6.92 Å². The minimum atomic E-state index is -4.25. The number of alkyl halides is 3. The zero-order chi connectivity index (χ0) is 31.2. The summed E-state index contributed by atoms with van der Waals surface area (Å²) in [6.07, 6.45) is 1.72. The molecule has 3 aromatic heterocycles. The first kappa shape index (κ1) is 29.9. The number of anilines is 4. The summed E-state index contributed by atoms with van der Waals surface area (Å²) in [6, 6.07) is 1.82. The lowest BCUT2D eigenvalue weighted by Crippen LogP contribution is -2.42. The molecule has 3 aliphatic heterocycles. The molecule has 0 fully saturated rings. The van der Waals surface area contributed by atoms with Crippen molar-refractivity contribution in [3.63, 3.8) is 0 Å². The molecule has 0 saturated heterocycles. The Morgan fingerprint density at radius 1 is 1.00 bits per heavy atom. The van der Waals surface area contributed by atoms with Crippen molar-refractivity contribution < 1.29 is 27.4 Å². The lowest BCUT2D eigenvalue weighted by atomic mass is 10.0. The molecule has 1 N–H and O–H groups in total. The van der Waals surface area contributed by atoms with Crippen molar-refractivity contribution in [1.82, 2.24) is 24.8 Å². The summed E-state index contributed by atoms with van der Waals surface area (Å²) >= 11 is 0. The molecule has 0 aromatic carbocycles. The van der Waals surface area contributed by atoms with Crippen LogP contribution in [0.3, 0.4) is 0 Å². The highest BCUT2D eigenvalue weighted by Crippen LogP contribution is 2.40. The van der Waals surface area contributed by atoms with Gasteiger partial charge in [-0.15, -0.1) is 0 Å². The van der Waals surface area contributed by atoms with Gasteiger partial charge in [-0.05, 0) is 51.3 Å². The number of ether oxygens (including phenoxy) is 2. The van der Waals surface area contributed by atoms with Gasteiger partial charge < -0.3 is 19.7 Å². The molecule has 11 nitrogen and oxygen atoms in total. The highest BCUT2D eigenvalue weighted by Gasteiger charge is 2.34. The van der Waals surface area contributed by atoms with Gasteiger partial charge in [0.1, 0.15) is 17.9 Å². The molecule has 14 heteroatoms. The van der Waals surface area contributed by atoms with Gasteiger partial charge in [-0.2, -0.15) is 13.2 Å². The van der Waals surface area contributed by atoms with Crippen molar-refractivity contribution in [3.05, 3.63) is 52.7 Å². The predicted molar refractivity (Wildman–Crippen MR) is 157 cm³/mol. The van der Waals surface area contributed by atoms with Gasteiger partial charge in [0.25, 0.3) is 0 Å². The van der Waals surface area contributed by atoms with Crippen LogP contribution in [-0.2, 0) is 30.7 Å². The number of hydrogen-bond donors (Lipinski definition) is 1. The maximum absolute atomic E-state index is 13.0. The van der Waals surface area contributed by atoms with Crippen LogP contribution in [0.1, 0.15) is 48.8 Å². The molecule has 0 saturated carbocycles. The van der Waals surface area contributed by atoms with E-state index < -0.39 is 24.4 Å². The first-order valence-electron chi connectivity index (χ1n) is 14.6. The topological polar surface area (TPSA) is 109 Å². The Bertz CT molecular complexity index is 1580. The Kier molecular flexibility index (Phi) is 7.72. The van der Waals surface area contributed by atoms with Crippen molar-refractivity contribution in [2.75, 3.05) is 47.9 Å². The van der Waals surface area contributed by atoms with Gasteiger partial charge >= 0.3 is 12.3 Å². The SMILES string of the molecule is Cc1c(N2CCc3cnc(Nc4cnc5c(c4)CN(CC(F)(F)F)CC5)nc3C2)cnc2c1N(C(=O)OC(C)(C)C)CCO2. The van der Waals surface area contributed by atoms with Crippen LogP contribution in [0.4, 0.5) is 41.0 Å². The molecule has 0 bridgehead atoms. The first-order chi connectivity index (χ1) is 20.8. The molecular formula is C30H35F3N8O3. The fourth-order valence-electron chi connectivity index (χ4n) is 5.79. The van der Waals surface area contributed by atoms with E-state index in [1.54, 1.807) is 23.5 Å². The number of carbonyl (C=O) groups excluding carboxylic acids is 1. The van der Waals surface area contributed by atoms with Crippen LogP contribution >= 0.6 is 0 Å². The average Bonchev–Trinajstić information content (AvgIpc) is 2.95. The van der Waals surface area contributed by atoms with Gasteiger partial charge in [0.05, 0.1) is 49.1 Å². The summed E-state index contributed by atoms with van der Waals surface area (Å²) in [5.41, 5.74) is 5.73. The Balaban J connectivity index is 1.20. The molecule has 0 radical (unpaired) electrons. The highest BCUT2D eigenvalue weighted by molar-refractivity contribution is 5.92. The number of halogens is 3. The van der Waals surface area contributed by atoms with E-state index in [4.69, 9.17) is 14.5 Å². The number of aromatic nitrogens is 4. The molecule has 44 heavy (non-hydrogen) atoms. The van der Waals surface area contributed by atoms with Crippen LogP contribution in [0.15, 0.2) is 24.7 Å². The molecule has 6 heterocycles. The molecule has 3 aliphatic rings. The van der Waals surface area contributed by atoms with Gasteiger partial charge in [0.15, 0.2) is 0 Å². The fourth-order valence-corrected chi connectivity index (χ4v) is 5.79. The number of hydrogen-bond acceptors (Lipinski definition) is 10. The quantitative estimate of drug-likeness (QED) is 0.436. The first-order valence-corrected chi connectivity index (χ1v) is 14.6. The lowest BCUT2D eigenvalue weighted by Gasteiger charge is -2.35. The highest BCUT2D eigenvalue weighted by atomic mass is 19.4. The van der Waals surface area contributed by atoms with Crippen LogP contribution in [0.5, 0.6) is 5.88 Å². The Morgan fingerprint density at radius 2 is 1.82 bits per heavy atom. The Hall–Kier alpha value is -4.20. The second-order valence-corrected chi connectivity index (χ2v) is 12.3. The van der Waals surface area contributed by atoms with Gasteiger partial charge in [-0.25, -0.2) is 19.7 Å². The standard InChI is InChI=1S/C30H35F3N8O3/c1-18-24(14-35-26-25(18)41(9-10-43-26)28(42)44-29(2,3)4)40-8-5-19-12-36-27(38-23(19)16-40)37-21-11-20-15-39(17-30(31,32)33)7-6-22(20)34-13-21/h11-14H,5-10,15-17H2,1-4H3,(H,36,37,38). The fraction of sp³-hybridized carbons (Fsp3) is 0.500. The van der Waals surface area contributed by atoms with Gasteiger partial charge in [0, 0.05) is 43.5 Å². The van der Waals surface area contributed by atoms with Gasteiger partial charge in [0.2, 0.25) is 11.8 Å². The van der Waals surface area contributed by atoms with E-state index in [0.717, 1.165) is 33.8 Å². The lowest BCUT2D eigenvalue weighted by molar-refractivity contribution is -0.147. The summed E-state index contributed by atoms with van der Waals surface area (Å²) in [5, 5.41) is 3.18. The molecule has 1 amide bonds. The third-order valence-corrected chi connectivity index (χ3v) is 7.75. The number of pyridine rings is 2. The largest absolute Gasteiger partial charge is 0.474 e. The molecule has 234 valence electrons. The monoisotopic (exact) mass is 612 g/mol. The van der Waals surface area contributed by atoms with Crippen LogP contribution in [0.25, 0.3) is 0 Å². The van der Waals surface area contributed by atoms with E-state index in [1.807, 2.05) is 33.8 Å². The zero-order valence-electron chi connectivity index (χ0n) is 25.2. The van der Waals surface area contributed by atoms with E-state index in [-0.39, 0.29) is 6.54 Å².